The zero-order valence-corrected chi connectivity index (χ0v) is 9.77. The number of hydrogen-bond donors (Lipinski definition) is 2. The fraction of sp³-hybridized carbons (Fsp3) is 0.231. The Balaban J connectivity index is 2.28. The van der Waals surface area contributed by atoms with Gasteiger partial charge in [-0.2, -0.15) is 0 Å². The third kappa shape index (κ3) is 1.31. The highest BCUT2D eigenvalue weighted by atomic mass is 16.4. The van der Waals surface area contributed by atoms with Gasteiger partial charge in [0.1, 0.15) is 11.4 Å². The maximum Gasteiger partial charge on any atom is 0.526 e. The Morgan fingerprint density at radius 1 is 1.12 bits per heavy atom. The van der Waals surface area contributed by atoms with Gasteiger partial charge >= 0.3 is 7.12 Å². The van der Waals surface area contributed by atoms with Gasteiger partial charge in [-0.25, -0.2) is 0 Å². The van der Waals surface area contributed by atoms with Crippen molar-refractivity contribution in [3.05, 3.63) is 41.5 Å². The topological polar surface area (TPSA) is 53.6 Å². The van der Waals surface area contributed by atoms with E-state index in [2.05, 4.69) is 19.9 Å². The number of fused-ring (bicyclic) bond motifs is 3. The fourth-order valence-corrected chi connectivity index (χ4v) is 2.57. The van der Waals surface area contributed by atoms with Crippen LogP contribution in [0.5, 0.6) is 0 Å². The van der Waals surface area contributed by atoms with Gasteiger partial charge in [0.25, 0.3) is 0 Å². The molecule has 0 unspecified atom stereocenters. The molecule has 4 heteroatoms. The molecule has 1 heterocycles. The van der Waals surface area contributed by atoms with E-state index in [1.165, 1.54) is 5.56 Å². The maximum atomic E-state index is 9.16. The summed E-state index contributed by atoms with van der Waals surface area (Å²) in [7, 11) is -1.55. The van der Waals surface area contributed by atoms with Crippen LogP contribution in [0.2, 0.25) is 0 Å². The van der Waals surface area contributed by atoms with E-state index in [4.69, 9.17) is 14.5 Å². The lowest BCUT2D eigenvalue weighted by molar-refractivity contribution is 0.410. The summed E-state index contributed by atoms with van der Waals surface area (Å²) in [5, 5.41) is 18.3. The molecule has 3 rings (SSSR count). The molecule has 0 atom stereocenters. The van der Waals surface area contributed by atoms with E-state index >= 15 is 0 Å². The Hall–Kier alpha value is -1.52. The lowest BCUT2D eigenvalue weighted by Gasteiger charge is -2.19. The summed E-state index contributed by atoms with van der Waals surface area (Å²) in [6.07, 6.45) is 0. The minimum absolute atomic E-state index is 0.150. The molecule has 86 valence electrons. The smallest absolute Gasteiger partial charge is 0.464 e. The highest BCUT2D eigenvalue weighted by molar-refractivity contribution is 6.57. The van der Waals surface area contributed by atoms with Gasteiger partial charge in [0.15, 0.2) is 0 Å². The zero-order chi connectivity index (χ0) is 12.2. The SMILES string of the molecule is CC1(C)c2ccccc2-c2oc(B(O)O)cc21. The van der Waals surface area contributed by atoms with Crippen LogP contribution >= 0.6 is 0 Å². The molecule has 0 aliphatic heterocycles. The molecular formula is C13H13BO3. The van der Waals surface area contributed by atoms with Crippen LogP contribution in [0, 0.1) is 0 Å². The molecule has 1 aliphatic carbocycles. The second-order valence-corrected chi connectivity index (χ2v) is 4.94. The van der Waals surface area contributed by atoms with Gasteiger partial charge in [-0.1, -0.05) is 38.1 Å². The summed E-state index contributed by atoms with van der Waals surface area (Å²) in [4.78, 5) is 0. The Morgan fingerprint density at radius 3 is 2.53 bits per heavy atom. The number of rotatable bonds is 1. The van der Waals surface area contributed by atoms with E-state index in [0.717, 1.165) is 16.9 Å². The average molecular weight is 228 g/mol. The van der Waals surface area contributed by atoms with E-state index in [-0.39, 0.29) is 11.1 Å². The monoisotopic (exact) mass is 228 g/mol. The molecule has 3 nitrogen and oxygen atoms in total. The first-order valence-electron chi connectivity index (χ1n) is 5.62. The van der Waals surface area contributed by atoms with Crippen molar-refractivity contribution in [3.63, 3.8) is 0 Å². The van der Waals surface area contributed by atoms with Gasteiger partial charge in [0.05, 0.1) is 0 Å². The summed E-state index contributed by atoms with van der Waals surface area (Å²) in [5.41, 5.74) is 3.33. The maximum absolute atomic E-state index is 9.16. The Bertz CT molecular complexity index is 584. The standard InChI is InChI=1S/C13H13BO3/c1-13(2)9-6-4-3-5-8(9)12-10(13)7-11(17-12)14(15)16/h3-7,15-16H,1-2H3. The van der Waals surface area contributed by atoms with Crippen molar-refractivity contribution < 1.29 is 14.5 Å². The summed E-state index contributed by atoms with van der Waals surface area (Å²) in [6.45, 7) is 4.22. The molecule has 0 spiro atoms. The quantitative estimate of drug-likeness (QED) is 0.722. The van der Waals surface area contributed by atoms with Crippen LogP contribution in [0.25, 0.3) is 11.3 Å². The van der Waals surface area contributed by atoms with E-state index in [1.807, 2.05) is 18.2 Å². The van der Waals surface area contributed by atoms with Gasteiger partial charge in [-0.15, -0.1) is 0 Å². The van der Waals surface area contributed by atoms with E-state index in [1.54, 1.807) is 6.07 Å². The Labute approximate surface area is 99.9 Å². The van der Waals surface area contributed by atoms with E-state index in [0.29, 0.717) is 0 Å². The minimum Gasteiger partial charge on any atom is -0.464 e. The van der Waals surface area contributed by atoms with Crippen LogP contribution in [0.4, 0.5) is 0 Å². The van der Waals surface area contributed by atoms with Crippen molar-refractivity contribution in [1.29, 1.82) is 0 Å². The van der Waals surface area contributed by atoms with Crippen molar-refractivity contribution >= 4 is 12.8 Å². The molecule has 0 saturated carbocycles. The van der Waals surface area contributed by atoms with Crippen LogP contribution < -0.4 is 5.66 Å². The summed E-state index contributed by atoms with van der Waals surface area (Å²) < 4.78 is 5.55. The van der Waals surface area contributed by atoms with Crippen molar-refractivity contribution in [2.75, 3.05) is 0 Å². The highest BCUT2D eigenvalue weighted by Crippen LogP contribution is 2.48. The zero-order valence-electron chi connectivity index (χ0n) is 9.77. The summed E-state index contributed by atoms with van der Waals surface area (Å²) in [6, 6.07) is 9.79. The molecule has 17 heavy (non-hydrogen) atoms. The molecule has 0 radical (unpaired) electrons. The predicted molar refractivity (Wildman–Crippen MR) is 66.1 cm³/mol. The van der Waals surface area contributed by atoms with E-state index in [9.17, 15) is 0 Å². The lowest BCUT2D eigenvalue weighted by atomic mass is 9.80. The van der Waals surface area contributed by atoms with Crippen molar-refractivity contribution in [3.8, 4) is 11.3 Å². The molecule has 1 aliphatic rings. The molecule has 1 aromatic carbocycles. The van der Waals surface area contributed by atoms with Crippen molar-refractivity contribution in [1.82, 2.24) is 0 Å². The van der Waals surface area contributed by atoms with Crippen LogP contribution in [-0.4, -0.2) is 17.2 Å². The van der Waals surface area contributed by atoms with Crippen molar-refractivity contribution in [2.45, 2.75) is 19.3 Å². The second kappa shape index (κ2) is 3.25. The van der Waals surface area contributed by atoms with Crippen LogP contribution in [0.3, 0.4) is 0 Å². The molecule has 1 aromatic heterocycles. The van der Waals surface area contributed by atoms with Gasteiger partial charge in [-0.3, -0.25) is 0 Å². The highest BCUT2D eigenvalue weighted by Gasteiger charge is 2.39. The molecule has 0 fully saturated rings. The molecule has 0 amide bonds. The predicted octanol–water partition coefficient (Wildman–Crippen LogP) is 1.27. The Kier molecular flexibility index (Phi) is 2.03. The van der Waals surface area contributed by atoms with Crippen LogP contribution in [0.1, 0.15) is 25.0 Å². The molecule has 2 N–H and O–H groups in total. The lowest BCUT2D eigenvalue weighted by Crippen LogP contribution is -2.28. The van der Waals surface area contributed by atoms with Gasteiger partial charge in [-0.05, 0) is 11.6 Å². The Morgan fingerprint density at radius 2 is 1.82 bits per heavy atom. The summed E-state index contributed by atoms with van der Waals surface area (Å²) in [5.74, 6) is 0.758. The molecule has 0 saturated heterocycles. The van der Waals surface area contributed by atoms with Crippen molar-refractivity contribution in [2.24, 2.45) is 0 Å². The molecule has 0 bridgehead atoms. The minimum atomic E-state index is -1.55. The first-order valence-corrected chi connectivity index (χ1v) is 5.62. The van der Waals surface area contributed by atoms with Crippen LogP contribution in [-0.2, 0) is 5.41 Å². The fourth-order valence-electron chi connectivity index (χ4n) is 2.57. The van der Waals surface area contributed by atoms with E-state index < -0.39 is 7.12 Å². The third-order valence-electron chi connectivity index (χ3n) is 3.52. The number of hydrogen-bond acceptors (Lipinski definition) is 3. The number of benzene rings is 1. The van der Waals surface area contributed by atoms with Gasteiger partial charge < -0.3 is 14.5 Å². The number of furan rings is 1. The molecule has 2 aromatic rings. The normalized spacial score (nSPS) is 15.5. The first-order chi connectivity index (χ1) is 8.01. The second-order valence-electron chi connectivity index (χ2n) is 4.94. The first kappa shape index (κ1) is 10.6. The van der Waals surface area contributed by atoms with Gasteiger partial charge in [0, 0.05) is 16.5 Å². The third-order valence-corrected chi connectivity index (χ3v) is 3.52. The summed E-state index contributed by atoms with van der Waals surface area (Å²) >= 11 is 0. The van der Waals surface area contributed by atoms with Crippen LogP contribution in [0.15, 0.2) is 34.7 Å². The van der Waals surface area contributed by atoms with Gasteiger partial charge in [0.2, 0.25) is 0 Å². The largest absolute Gasteiger partial charge is 0.526 e. The molecular weight excluding hydrogens is 215 g/mol. The average Bonchev–Trinajstić information content (AvgIpc) is 2.80.